The van der Waals surface area contributed by atoms with Crippen molar-refractivity contribution in [2.45, 2.75) is 12.8 Å². The molecule has 1 atom stereocenters. The second-order valence-corrected chi connectivity index (χ2v) is 6.30. The van der Waals surface area contributed by atoms with E-state index >= 15 is 0 Å². The third-order valence-electron chi connectivity index (χ3n) is 3.48. The van der Waals surface area contributed by atoms with Gasteiger partial charge in [0, 0.05) is 16.1 Å². The molecular weight excluding hydrogens is 352 g/mol. The number of hydrogen-bond acceptors (Lipinski definition) is 2. The van der Waals surface area contributed by atoms with Crippen LogP contribution in [0.5, 0.6) is 5.75 Å². The lowest BCUT2D eigenvalue weighted by Gasteiger charge is -2.17. The Balaban J connectivity index is 2.16. The normalized spacial score (nSPS) is 12.2. The first kappa shape index (κ1) is 16.3. The van der Waals surface area contributed by atoms with E-state index in [9.17, 15) is 5.11 Å². The maximum Gasteiger partial charge on any atom is 0.122 e. The molecule has 2 nitrogen and oxygen atoms in total. The predicted molar refractivity (Wildman–Crippen MR) is 90.1 cm³/mol. The number of hydrogen-bond donors (Lipinski definition) is 1. The van der Waals surface area contributed by atoms with E-state index in [1.165, 1.54) is 5.56 Å². The van der Waals surface area contributed by atoms with Crippen molar-refractivity contribution >= 4 is 27.5 Å². The van der Waals surface area contributed by atoms with E-state index in [0.29, 0.717) is 5.02 Å². The zero-order valence-electron chi connectivity index (χ0n) is 11.9. The highest BCUT2D eigenvalue weighted by molar-refractivity contribution is 9.10. The third-order valence-corrected chi connectivity index (χ3v) is 4.48. The Labute approximate surface area is 138 Å². The summed E-state index contributed by atoms with van der Waals surface area (Å²) < 4.78 is 6.44. The van der Waals surface area contributed by atoms with Gasteiger partial charge in [0.2, 0.25) is 0 Å². The van der Waals surface area contributed by atoms with Crippen LogP contribution in [0.3, 0.4) is 0 Å². The Morgan fingerprint density at radius 2 is 1.86 bits per heavy atom. The van der Waals surface area contributed by atoms with Crippen molar-refractivity contribution in [2.24, 2.45) is 5.92 Å². The molecule has 4 heteroatoms. The molecule has 1 N–H and O–H groups in total. The summed E-state index contributed by atoms with van der Waals surface area (Å²) in [7, 11) is 1.65. The van der Waals surface area contributed by atoms with E-state index in [1.807, 2.05) is 36.4 Å². The van der Waals surface area contributed by atoms with Gasteiger partial charge in [0.1, 0.15) is 5.75 Å². The largest absolute Gasteiger partial charge is 0.496 e. The van der Waals surface area contributed by atoms with Gasteiger partial charge in [-0.25, -0.2) is 0 Å². The number of benzene rings is 2. The van der Waals surface area contributed by atoms with Gasteiger partial charge in [0.15, 0.2) is 0 Å². The molecule has 0 radical (unpaired) electrons. The minimum Gasteiger partial charge on any atom is -0.496 e. The van der Waals surface area contributed by atoms with Crippen molar-refractivity contribution in [2.75, 3.05) is 13.7 Å². The SMILES string of the molecule is COc1ccc(Cl)cc1CC(CO)Cc1ccccc1Br. The molecule has 0 saturated heterocycles. The summed E-state index contributed by atoms with van der Waals surface area (Å²) in [6.07, 6.45) is 1.52. The molecule has 21 heavy (non-hydrogen) atoms. The number of aliphatic hydroxyl groups is 1. The van der Waals surface area contributed by atoms with Crippen LogP contribution in [0.2, 0.25) is 5.02 Å². The van der Waals surface area contributed by atoms with E-state index in [1.54, 1.807) is 7.11 Å². The first-order chi connectivity index (χ1) is 10.1. The number of halogens is 2. The molecule has 0 aromatic heterocycles. The van der Waals surface area contributed by atoms with E-state index in [0.717, 1.165) is 28.6 Å². The molecular formula is C17H18BrClO2. The highest BCUT2D eigenvalue weighted by atomic mass is 79.9. The minimum atomic E-state index is 0.121. The zero-order chi connectivity index (χ0) is 15.2. The van der Waals surface area contributed by atoms with Gasteiger partial charge >= 0.3 is 0 Å². The number of aliphatic hydroxyl groups excluding tert-OH is 1. The molecule has 2 aromatic rings. The highest BCUT2D eigenvalue weighted by Crippen LogP contribution is 2.27. The summed E-state index contributed by atoms with van der Waals surface area (Å²) in [6.45, 7) is 0.122. The molecule has 2 rings (SSSR count). The van der Waals surface area contributed by atoms with Crippen LogP contribution in [0.15, 0.2) is 46.9 Å². The second kappa shape index (κ2) is 7.83. The summed E-state index contributed by atoms with van der Waals surface area (Å²) in [6, 6.07) is 13.7. The Bertz CT molecular complexity index is 601. The van der Waals surface area contributed by atoms with Crippen LogP contribution in [0.4, 0.5) is 0 Å². The molecule has 0 fully saturated rings. The van der Waals surface area contributed by atoms with Gasteiger partial charge in [-0.2, -0.15) is 0 Å². The standard InChI is InChI=1S/C17H18BrClO2/c1-21-17-7-6-15(19)10-14(17)9-12(11-20)8-13-4-2-3-5-16(13)18/h2-7,10,12,20H,8-9,11H2,1H3. The van der Waals surface area contributed by atoms with Crippen LogP contribution in [-0.4, -0.2) is 18.8 Å². The summed E-state index contributed by atoms with van der Waals surface area (Å²) >= 11 is 9.61. The quantitative estimate of drug-likeness (QED) is 0.812. The lowest BCUT2D eigenvalue weighted by Crippen LogP contribution is -2.14. The van der Waals surface area contributed by atoms with Gasteiger partial charge in [-0.05, 0) is 54.2 Å². The van der Waals surface area contributed by atoms with Crippen molar-refractivity contribution in [1.29, 1.82) is 0 Å². The molecule has 112 valence electrons. The van der Waals surface area contributed by atoms with Crippen LogP contribution >= 0.6 is 27.5 Å². The van der Waals surface area contributed by atoms with Gasteiger partial charge in [-0.15, -0.1) is 0 Å². The average molecular weight is 370 g/mol. The molecule has 2 aromatic carbocycles. The molecule has 0 spiro atoms. The van der Waals surface area contributed by atoms with Crippen molar-refractivity contribution in [3.05, 3.63) is 63.1 Å². The Morgan fingerprint density at radius 1 is 1.14 bits per heavy atom. The minimum absolute atomic E-state index is 0.121. The molecule has 0 aliphatic heterocycles. The van der Waals surface area contributed by atoms with Crippen molar-refractivity contribution in [3.63, 3.8) is 0 Å². The third kappa shape index (κ3) is 4.47. The number of methoxy groups -OCH3 is 1. The molecule has 0 saturated carbocycles. The maximum atomic E-state index is 9.68. The van der Waals surface area contributed by atoms with Gasteiger partial charge in [0.25, 0.3) is 0 Å². The van der Waals surface area contributed by atoms with Crippen LogP contribution in [-0.2, 0) is 12.8 Å². The fraction of sp³-hybridized carbons (Fsp3) is 0.294. The molecule has 1 unspecified atom stereocenters. The predicted octanol–water partition coefficient (Wildman–Crippen LogP) is 4.50. The fourth-order valence-electron chi connectivity index (χ4n) is 2.39. The summed E-state index contributed by atoms with van der Waals surface area (Å²) in [5.41, 5.74) is 2.22. The smallest absolute Gasteiger partial charge is 0.122 e. The van der Waals surface area contributed by atoms with Crippen molar-refractivity contribution in [3.8, 4) is 5.75 Å². The fourth-order valence-corrected chi connectivity index (χ4v) is 3.04. The van der Waals surface area contributed by atoms with E-state index in [-0.39, 0.29) is 12.5 Å². The van der Waals surface area contributed by atoms with E-state index < -0.39 is 0 Å². The molecule has 0 aliphatic carbocycles. The number of rotatable bonds is 6. The lowest BCUT2D eigenvalue weighted by molar-refractivity contribution is 0.224. The zero-order valence-corrected chi connectivity index (χ0v) is 14.2. The molecule has 0 aliphatic rings. The Hall–Kier alpha value is -1.03. The van der Waals surface area contributed by atoms with Gasteiger partial charge in [0.05, 0.1) is 7.11 Å². The number of ether oxygens (including phenoxy) is 1. The first-order valence-electron chi connectivity index (χ1n) is 6.80. The molecule has 0 amide bonds. The van der Waals surface area contributed by atoms with Gasteiger partial charge in [-0.1, -0.05) is 45.7 Å². The van der Waals surface area contributed by atoms with E-state index in [4.69, 9.17) is 16.3 Å². The van der Waals surface area contributed by atoms with E-state index in [2.05, 4.69) is 22.0 Å². The first-order valence-corrected chi connectivity index (χ1v) is 7.97. The Kier molecular flexibility index (Phi) is 6.09. The summed E-state index contributed by atoms with van der Waals surface area (Å²) in [5.74, 6) is 0.932. The lowest BCUT2D eigenvalue weighted by atomic mass is 9.93. The van der Waals surface area contributed by atoms with Crippen molar-refractivity contribution in [1.82, 2.24) is 0 Å². The maximum absolute atomic E-state index is 9.68. The van der Waals surface area contributed by atoms with Gasteiger partial charge < -0.3 is 9.84 Å². The Morgan fingerprint density at radius 3 is 2.52 bits per heavy atom. The second-order valence-electron chi connectivity index (χ2n) is 5.00. The molecule has 0 heterocycles. The van der Waals surface area contributed by atoms with Crippen LogP contribution < -0.4 is 4.74 Å². The summed E-state index contributed by atoms with van der Waals surface area (Å²) in [4.78, 5) is 0. The van der Waals surface area contributed by atoms with Crippen LogP contribution in [0.25, 0.3) is 0 Å². The van der Waals surface area contributed by atoms with Crippen LogP contribution in [0, 0.1) is 5.92 Å². The van der Waals surface area contributed by atoms with Gasteiger partial charge in [-0.3, -0.25) is 0 Å². The summed E-state index contributed by atoms with van der Waals surface area (Å²) in [5, 5.41) is 10.4. The average Bonchev–Trinajstić information content (AvgIpc) is 2.49. The molecule has 0 bridgehead atoms. The van der Waals surface area contributed by atoms with Crippen molar-refractivity contribution < 1.29 is 9.84 Å². The highest BCUT2D eigenvalue weighted by Gasteiger charge is 2.14. The monoisotopic (exact) mass is 368 g/mol. The topological polar surface area (TPSA) is 29.5 Å². The van der Waals surface area contributed by atoms with Crippen LogP contribution in [0.1, 0.15) is 11.1 Å².